The number of carbonyl (C=O) groups excluding carboxylic acids is 2. The number of benzene rings is 2. The molecule has 1 aliphatic carbocycles. The minimum absolute atomic E-state index is 0.0720. The number of halogens is 3. The smallest absolute Gasteiger partial charge is 0.420 e. The maximum atomic E-state index is 13.4. The molecule has 3 aromatic rings. The molecule has 1 heterocycles. The second-order valence-electron chi connectivity index (χ2n) is 8.63. The maximum Gasteiger partial charge on any atom is 0.420 e. The fourth-order valence-electron chi connectivity index (χ4n) is 3.73. The van der Waals surface area contributed by atoms with E-state index in [1.54, 1.807) is 12.1 Å². The maximum absolute atomic E-state index is 13.4. The lowest BCUT2D eigenvalue weighted by molar-refractivity contribution is -0.138. The summed E-state index contributed by atoms with van der Waals surface area (Å²) in [5.74, 6) is -0.454. The average molecular weight is 532 g/mol. The quantitative estimate of drug-likeness (QED) is 0.204. The summed E-state index contributed by atoms with van der Waals surface area (Å²) in [6, 6.07) is 9.84. The van der Waals surface area contributed by atoms with Crippen molar-refractivity contribution < 1.29 is 32.2 Å². The SMILES string of the molecule is COc1ccc(Oc2ccc(CNC(=O)C3(CC(=O)c4cnc(SC)nc4)CC3)cc2)c(C(F)(F)F)c1. The Balaban J connectivity index is 1.34. The topological polar surface area (TPSA) is 90.4 Å². The number of aromatic nitrogens is 2. The molecule has 37 heavy (non-hydrogen) atoms. The van der Waals surface area contributed by atoms with Gasteiger partial charge in [0.05, 0.1) is 18.1 Å². The summed E-state index contributed by atoms with van der Waals surface area (Å²) in [6.07, 6.45) is 1.49. The van der Waals surface area contributed by atoms with Gasteiger partial charge in [0.2, 0.25) is 5.91 Å². The van der Waals surface area contributed by atoms with Crippen LogP contribution in [-0.4, -0.2) is 35.0 Å². The van der Waals surface area contributed by atoms with Crippen LogP contribution in [0.1, 0.15) is 40.7 Å². The molecule has 7 nitrogen and oxygen atoms in total. The summed E-state index contributed by atoms with van der Waals surface area (Å²) >= 11 is 1.37. The van der Waals surface area contributed by atoms with Crippen molar-refractivity contribution in [3.05, 3.63) is 71.5 Å². The van der Waals surface area contributed by atoms with Crippen LogP contribution in [0.5, 0.6) is 17.2 Å². The third-order valence-electron chi connectivity index (χ3n) is 6.06. The lowest BCUT2D eigenvalue weighted by atomic mass is 9.95. The fourth-order valence-corrected chi connectivity index (χ4v) is 4.04. The van der Waals surface area contributed by atoms with Gasteiger partial charge in [-0.15, -0.1) is 0 Å². The first-order chi connectivity index (χ1) is 17.6. The molecule has 0 aliphatic heterocycles. The zero-order chi connectivity index (χ0) is 26.6. The number of carbonyl (C=O) groups is 2. The first kappa shape index (κ1) is 26.5. The zero-order valence-corrected chi connectivity index (χ0v) is 20.9. The molecule has 4 rings (SSSR count). The first-order valence-electron chi connectivity index (χ1n) is 11.3. The van der Waals surface area contributed by atoms with E-state index in [1.807, 2.05) is 6.26 Å². The van der Waals surface area contributed by atoms with Crippen LogP contribution in [0.2, 0.25) is 0 Å². The van der Waals surface area contributed by atoms with E-state index in [-0.39, 0.29) is 41.9 Å². The van der Waals surface area contributed by atoms with E-state index in [9.17, 15) is 22.8 Å². The molecule has 1 saturated carbocycles. The Bertz CT molecular complexity index is 1280. The molecular formula is C26H24F3N3O4S. The van der Waals surface area contributed by atoms with Gasteiger partial charge in [-0.3, -0.25) is 9.59 Å². The summed E-state index contributed by atoms with van der Waals surface area (Å²) < 4.78 is 50.6. The normalized spacial score (nSPS) is 14.1. The molecule has 1 aromatic heterocycles. The van der Waals surface area contributed by atoms with Crippen molar-refractivity contribution in [2.75, 3.05) is 13.4 Å². The Hall–Kier alpha value is -3.60. The highest BCUT2D eigenvalue weighted by molar-refractivity contribution is 7.98. The lowest BCUT2D eigenvalue weighted by Crippen LogP contribution is -2.33. The number of nitrogens with zero attached hydrogens (tertiary/aromatic N) is 2. The number of methoxy groups -OCH3 is 1. The number of Topliss-reactive ketones (excluding diaryl/α,β-unsaturated/α-hetero) is 1. The van der Waals surface area contributed by atoms with Gasteiger partial charge >= 0.3 is 6.18 Å². The number of hydrogen-bond donors (Lipinski definition) is 1. The Kier molecular flexibility index (Phi) is 7.72. The van der Waals surface area contributed by atoms with Crippen molar-refractivity contribution in [1.29, 1.82) is 0 Å². The Morgan fingerprint density at radius 1 is 1.05 bits per heavy atom. The minimum atomic E-state index is -4.61. The second-order valence-corrected chi connectivity index (χ2v) is 9.40. The zero-order valence-electron chi connectivity index (χ0n) is 20.1. The van der Waals surface area contributed by atoms with Crippen LogP contribution in [0.4, 0.5) is 13.2 Å². The highest BCUT2D eigenvalue weighted by Gasteiger charge is 2.51. The predicted octanol–water partition coefficient (Wildman–Crippen LogP) is 5.69. The van der Waals surface area contributed by atoms with Crippen molar-refractivity contribution in [2.45, 2.75) is 37.1 Å². The highest BCUT2D eigenvalue weighted by Crippen LogP contribution is 2.49. The molecule has 2 aromatic carbocycles. The van der Waals surface area contributed by atoms with E-state index >= 15 is 0 Å². The van der Waals surface area contributed by atoms with E-state index in [0.29, 0.717) is 23.6 Å². The largest absolute Gasteiger partial charge is 0.497 e. The summed E-state index contributed by atoms with van der Waals surface area (Å²) in [5.41, 5.74) is -0.576. The minimum Gasteiger partial charge on any atom is -0.497 e. The summed E-state index contributed by atoms with van der Waals surface area (Å²) in [6.45, 7) is 0.205. The molecule has 1 N–H and O–H groups in total. The summed E-state index contributed by atoms with van der Waals surface area (Å²) in [5, 5.41) is 3.42. The van der Waals surface area contributed by atoms with Crippen LogP contribution in [0.15, 0.2) is 60.0 Å². The number of thioether (sulfide) groups is 1. The Morgan fingerprint density at radius 2 is 1.70 bits per heavy atom. The molecule has 0 spiro atoms. The van der Waals surface area contributed by atoms with E-state index in [0.717, 1.165) is 11.6 Å². The molecule has 11 heteroatoms. The van der Waals surface area contributed by atoms with Crippen molar-refractivity contribution in [2.24, 2.45) is 5.41 Å². The van der Waals surface area contributed by atoms with E-state index < -0.39 is 17.2 Å². The van der Waals surface area contributed by atoms with Gasteiger partial charge in [0.1, 0.15) is 22.8 Å². The number of ketones is 1. The van der Waals surface area contributed by atoms with Gasteiger partial charge in [0.15, 0.2) is 10.9 Å². The first-order valence-corrected chi connectivity index (χ1v) is 12.6. The molecule has 1 amide bonds. The molecule has 0 saturated heterocycles. The second kappa shape index (κ2) is 10.8. The molecule has 0 atom stereocenters. The van der Waals surface area contributed by atoms with Gasteiger partial charge in [0, 0.05) is 25.4 Å². The van der Waals surface area contributed by atoms with Crippen LogP contribution in [0.3, 0.4) is 0 Å². The van der Waals surface area contributed by atoms with Gasteiger partial charge in [-0.2, -0.15) is 13.2 Å². The molecule has 0 unspecified atom stereocenters. The van der Waals surface area contributed by atoms with Crippen LogP contribution >= 0.6 is 11.8 Å². The Morgan fingerprint density at radius 3 is 2.27 bits per heavy atom. The molecule has 1 fully saturated rings. The van der Waals surface area contributed by atoms with Crippen LogP contribution in [0.25, 0.3) is 0 Å². The standard InChI is InChI=1S/C26H24F3N3O4S/c1-35-19-7-8-22(20(11-19)26(27,28)29)36-18-5-3-16(4-6-18)13-30-23(34)25(9-10-25)12-21(33)17-14-31-24(37-2)32-15-17/h3-8,11,14-15H,9-10,12-13H2,1-2H3,(H,30,34). The number of alkyl halides is 3. The van der Waals surface area contributed by atoms with Gasteiger partial charge in [-0.1, -0.05) is 23.9 Å². The Labute approximate surface area is 215 Å². The van der Waals surface area contributed by atoms with E-state index in [2.05, 4.69) is 15.3 Å². The molecular weight excluding hydrogens is 507 g/mol. The predicted molar refractivity (Wildman–Crippen MR) is 131 cm³/mol. The summed E-state index contributed by atoms with van der Waals surface area (Å²) in [4.78, 5) is 33.7. The third-order valence-corrected chi connectivity index (χ3v) is 6.64. The number of rotatable bonds is 10. The third kappa shape index (κ3) is 6.40. The van der Waals surface area contributed by atoms with E-state index in [1.165, 1.54) is 55.5 Å². The number of amides is 1. The van der Waals surface area contributed by atoms with Crippen molar-refractivity contribution >= 4 is 23.5 Å². The van der Waals surface area contributed by atoms with Gasteiger partial charge < -0.3 is 14.8 Å². The van der Waals surface area contributed by atoms with Crippen molar-refractivity contribution in [3.63, 3.8) is 0 Å². The van der Waals surface area contributed by atoms with Crippen LogP contribution in [-0.2, 0) is 17.5 Å². The molecule has 194 valence electrons. The number of hydrogen-bond acceptors (Lipinski definition) is 7. The van der Waals surface area contributed by atoms with Crippen LogP contribution < -0.4 is 14.8 Å². The van der Waals surface area contributed by atoms with Gasteiger partial charge in [-0.05, 0) is 55.0 Å². The number of nitrogens with one attached hydrogen (secondary N) is 1. The lowest BCUT2D eigenvalue weighted by Gasteiger charge is -2.16. The van der Waals surface area contributed by atoms with Crippen molar-refractivity contribution in [3.8, 4) is 17.2 Å². The van der Waals surface area contributed by atoms with Crippen LogP contribution in [0, 0.1) is 5.41 Å². The molecule has 0 bridgehead atoms. The van der Waals surface area contributed by atoms with Crippen molar-refractivity contribution in [1.82, 2.24) is 15.3 Å². The average Bonchev–Trinajstić information content (AvgIpc) is 3.68. The van der Waals surface area contributed by atoms with Gasteiger partial charge in [0.25, 0.3) is 0 Å². The van der Waals surface area contributed by atoms with Gasteiger partial charge in [-0.25, -0.2) is 9.97 Å². The van der Waals surface area contributed by atoms with E-state index in [4.69, 9.17) is 9.47 Å². The molecule has 1 aliphatic rings. The fraction of sp³-hybridized carbons (Fsp3) is 0.308. The highest BCUT2D eigenvalue weighted by atomic mass is 32.2. The molecule has 0 radical (unpaired) electrons. The summed E-state index contributed by atoms with van der Waals surface area (Å²) in [7, 11) is 1.29. The number of ether oxygens (including phenoxy) is 2. The monoisotopic (exact) mass is 531 g/mol.